The average Bonchev–Trinajstić information content (AvgIpc) is 2.39. The van der Waals surface area contributed by atoms with Gasteiger partial charge in [-0.15, -0.1) is 0 Å². The zero-order valence-electron chi connectivity index (χ0n) is 13.1. The molecular weight excluding hydrogens is 368 g/mol. The van der Waals surface area contributed by atoms with Crippen molar-refractivity contribution >= 4 is 33.6 Å². The molecular formula is C16H22BrClN2O2. The number of nitrogens with one attached hydrogen (secondary N) is 2. The SMILES string of the molecule is CC(C)(C)OC(=O)NC/C=C/CNCc1ccc(Cl)c(Br)c1. The van der Waals surface area contributed by atoms with E-state index >= 15 is 0 Å². The van der Waals surface area contributed by atoms with Gasteiger partial charge in [0.05, 0.1) is 5.02 Å². The average molecular weight is 390 g/mol. The molecule has 1 aromatic carbocycles. The molecule has 0 fully saturated rings. The van der Waals surface area contributed by atoms with Crippen molar-refractivity contribution in [3.8, 4) is 0 Å². The van der Waals surface area contributed by atoms with Crippen LogP contribution in [0.15, 0.2) is 34.8 Å². The molecule has 22 heavy (non-hydrogen) atoms. The molecule has 122 valence electrons. The standard InChI is InChI=1S/C16H22BrClN2O2/c1-16(2,3)22-15(21)20-9-5-4-8-19-11-12-6-7-14(18)13(17)10-12/h4-7,10,19H,8-9,11H2,1-3H3,(H,20,21)/b5-4+. The van der Waals surface area contributed by atoms with Crippen molar-refractivity contribution in [1.82, 2.24) is 10.6 Å². The number of carbonyl (C=O) groups is 1. The molecule has 1 rings (SSSR count). The normalized spacial score (nSPS) is 11.7. The van der Waals surface area contributed by atoms with Crippen LogP contribution in [-0.2, 0) is 11.3 Å². The van der Waals surface area contributed by atoms with Gasteiger partial charge in [0.15, 0.2) is 0 Å². The predicted octanol–water partition coefficient (Wildman–Crippen LogP) is 4.27. The van der Waals surface area contributed by atoms with Gasteiger partial charge in [-0.05, 0) is 54.4 Å². The van der Waals surface area contributed by atoms with Gasteiger partial charge in [0, 0.05) is 24.1 Å². The van der Waals surface area contributed by atoms with Crippen molar-refractivity contribution in [3.63, 3.8) is 0 Å². The van der Waals surface area contributed by atoms with Crippen molar-refractivity contribution in [3.05, 3.63) is 45.4 Å². The van der Waals surface area contributed by atoms with Gasteiger partial charge in [-0.1, -0.05) is 29.8 Å². The summed E-state index contributed by atoms with van der Waals surface area (Å²) in [6, 6.07) is 5.83. The van der Waals surface area contributed by atoms with E-state index in [-0.39, 0.29) is 0 Å². The molecule has 6 heteroatoms. The first kappa shape index (κ1) is 19.0. The molecule has 0 heterocycles. The van der Waals surface area contributed by atoms with Crippen molar-refractivity contribution in [2.45, 2.75) is 32.9 Å². The van der Waals surface area contributed by atoms with Crippen LogP contribution in [0.2, 0.25) is 5.02 Å². The molecule has 1 aromatic rings. The Labute approximate surface area is 145 Å². The summed E-state index contributed by atoms with van der Waals surface area (Å²) < 4.78 is 6.02. The Hall–Kier alpha value is -1.04. The van der Waals surface area contributed by atoms with E-state index in [2.05, 4.69) is 26.6 Å². The van der Waals surface area contributed by atoms with E-state index in [1.807, 2.05) is 51.1 Å². The maximum absolute atomic E-state index is 11.4. The van der Waals surface area contributed by atoms with E-state index in [9.17, 15) is 4.79 Å². The lowest BCUT2D eigenvalue weighted by atomic mass is 10.2. The number of alkyl carbamates (subject to hydrolysis) is 1. The topological polar surface area (TPSA) is 50.4 Å². The highest BCUT2D eigenvalue weighted by molar-refractivity contribution is 9.10. The van der Waals surface area contributed by atoms with Crippen molar-refractivity contribution in [2.75, 3.05) is 13.1 Å². The van der Waals surface area contributed by atoms with Gasteiger partial charge in [0.2, 0.25) is 0 Å². The zero-order chi connectivity index (χ0) is 16.6. The third-order valence-electron chi connectivity index (χ3n) is 2.51. The van der Waals surface area contributed by atoms with Gasteiger partial charge in [-0.2, -0.15) is 0 Å². The maximum atomic E-state index is 11.4. The zero-order valence-corrected chi connectivity index (χ0v) is 15.4. The van der Waals surface area contributed by atoms with Crippen LogP contribution < -0.4 is 10.6 Å². The van der Waals surface area contributed by atoms with E-state index in [4.69, 9.17) is 16.3 Å². The molecule has 0 aliphatic rings. The Bertz CT molecular complexity index is 527. The number of benzene rings is 1. The number of rotatable bonds is 6. The van der Waals surface area contributed by atoms with Crippen LogP contribution in [0.25, 0.3) is 0 Å². The summed E-state index contributed by atoms with van der Waals surface area (Å²) in [6.45, 7) is 7.42. The summed E-state index contributed by atoms with van der Waals surface area (Å²) in [5, 5.41) is 6.65. The summed E-state index contributed by atoms with van der Waals surface area (Å²) >= 11 is 9.34. The first-order valence-electron chi connectivity index (χ1n) is 7.04. The number of hydrogen-bond donors (Lipinski definition) is 2. The lowest BCUT2D eigenvalue weighted by molar-refractivity contribution is 0.0534. The molecule has 0 spiro atoms. The second-order valence-corrected chi connectivity index (χ2v) is 7.00. The molecule has 0 aliphatic carbocycles. The molecule has 2 N–H and O–H groups in total. The second-order valence-electron chi connectivity index (χ2n) is 5.73. The third-order valence-corrected chi connectivity index (χ3v) is 3.72. The molecule has 0 saturated heterocycles. The summed E-state index contributed by atoms with van der Waals surface area (Å²) in [5.74, 6) is 0. The minimum absolute atomic E-state index is 0.406. The first-order valence-corrected chi connectivity index (χ1v) is 8.21. The monoisotopic (exact) mass is 388 g/mol. The summed E-state index contributed by atoms with van der Waals surface area (Å²) in [5.41, 5.74) is 0.680. The lowest BCUT2D eigenvalue weighted by Crippen LogP contribution is -2.32. The highest BCUT2D eigenvalue weighted by atomic mass is 79.9. The molecule has 0 aliphatic heterocycles. The van der Waals surface area contributed by atoms with Crippen LogP contribution in [0.5, 0.6) is 0 Å². The Kier molecular flexibility index (Phi) is 7.93. The minimum Gasteiger partial charge on any atom is -0.444 e. The molecule has 0 unspecified atom stereocenters. The van der Waals surface area contributed by atoms with Crippen molar-refractivity contribution in [2.24, 2.45) is 0 Å². The fraction of sp³-hybridized carbons (Fsp3) is 0.438. The summed E-state index contributed by atoms with van der Waals surface area (Å²) in [4.78, 5) is 11.4. The van der Waals surface area contributed by atoms with Crippen LogP contribution in [0.4, 0.5) is 4.79 Å². The predicted molar refractivity (Wildman–Crippen MR) is 94.2 cm³/mol. The van der Waals surface area contributed by atoms with Crippen LogP contribution in [0.1, 0.15) is 26.3 Å². The van der Waals surface area contributed by atoms with Crippen molar-refractivity contribution in [1.29, 1.82) is 0 Å². The highest BCUT2D eigenvalue weighted by Gasteiger charge is 2.14. The van der Waals surface area contributed by atoms with E-state index < -0.39 is 11.7 Å². The van der Waals surface area contributed by atoms with E-state index in [1.54, 1.807) is 0 Å². The molecule has 0 aromatic heterocycles. The van der Waals surface area contributed by atoms with Crippen LogP contribution in [-0.4, -0.2) is 24.8 Å². The maximum Gasteiger partial charge on any atom is 0.407 e. The Balaban J connectivity index is 2.16. The molecule has 4 nitrogen and oxygen atoms in total. The van der Waals surface area contributed by atoms with Gasteiger partial charge in [0.1, 0.15) is 5.60 Å². The van der Waals surface area contributed by atoms with Crippen molar-refractivity contribution < 1.29 is 9.53 Å². The number of amides is 1. The minimum atomic E-state index is -0.470. The quantitative estimate of drug-likeness (QED) is 0.564. The second kappa shape index (κ2) is 9.18. The number of hydrogen-bond acceptors (Lipinski definition) is 3. The van der Waals surface area contributed by atoms with Gasteiger partial charge >= 0.3 is 6.09 Å². The highest BCUT2D eigenvalue weighted by Crippen LogP contribution is 2.22. The smallest absolute Gasteiger partial charge is 0.407 e. The van der Waals surface area contributed by atoms with Crippen LogP contribution >= 0.6 is 27.5 Å². The Morgan fingerprint density at radius 2 is 2.00 bits per heavy atom. The van der Waals surface area contributed by atoms with E-state index in [0.29, 0.717) is 11.6 Å². The Morgan fingerprint density at radius 3 is 2.64 bits per heavy atom. The largest absolute Gasteiger partial charge is 0.444 e. The molecule has 0 radical (unpaired) electrons. The Morgan fingerprint density at radius 1 is 1.32 bits per heavy atom. The van der Waals surface area contributed by atoms with Crippen LogP contribution in [0.3, 0.4) is 0 Å². The van der Waals surface area contributed by atoms with Gasteiger partial charge in [-0.25, -0.2) is 4.79 Å². The summed E-state index contributed by atoms with van der Waals surface area (Å²) in [6.07, 6.45) is 3.44. The van der Waals surface area contributed by atoms with Gasteiger partial charge in [0.25, 0.3) is 0 Å². The van der Waals surface area contributed by atoms with E-state index in [0.717, 1.165) is 23.1 Å². The van der Waals surface area contributed by atoms with E-state index in [1.165, 1.54) is 0 Å². The molecule has 1 amide bonds. The summed E-state index contributed by atoms with van der Waals surface area (Å²) in [7, 11) is 0. The molecule has 0 saturated carbocycles. The third kappa shape index (κ3) is 8.41. The fourth-order valence-electron chi connectivity index (χ4n) is 1.57. The lowest BCUT2D eigenvalue weighted by Gasteiger charge is -2.19. The number of halogens is 2. The molecule has 0 atom stereocenters. The number of ether oxygens (including phenoxy) is 1. The van der Waals surface area contributed by atoms with Crippen LogP contribution in [0, 0.1) is 0 Å². The van der Waals surface area contributed by atoms with Gasteiger partial charge < -0.3 is 15.4 Å². The van der Waals surface area contributed by atoms with Gasteiger partial charge in [-0.3, -0.25) is 0 Å². The first-order chi connectivity index (χ1) is 10.3. The number of carbonyl (C=O) groups excluding carboxylic acids is 1. The molecule has 0 bridgehead atoms. The fourth-order valence-corrected chi connectivity index (χ4v) is 2.12.